The zero-order valence-electron chi connectivity index (χ0n) is 10.7. The lowest BCUT2D eigenvalue weighted by molar-refractivity contribution is -0.138. The van der Waals surface area contributed by atoms with Crippen LogP contribution in [0.15, 0.2) is 42.6 Å². The average Bonchev–Trinajstić information content (AvgIpc) is 2.45. The molecule has 0 aliphatic rings. The molecule has 3 nitrogen and oxygen atoms in total. The van der Waals surface area contributed by atoms with Crippen LogP contribution >= 0.6 is 0 Å². The minimum Gasteiger partial charge on any atom is -0.496 e. The van der Waals surface area contributed by atoms with E-state index < -0.39 is 11.7 Å². The van der Waals surface area contributed by atoms with E-state index in [4.69, 9.17) is 4.74 Å². The van der Waals surface area contributed by atoms with E-state index in [1.54, 1.807) is 18.3 Å². The second kappa shape index (κ2) is 5.81. The molecule has 2 aromatic rings. The monoisotopic (exact) mass is 282 g/mol. The molecule has 0 aliphatic heterocycles. The van der Waals surface area contributed by atoms with Crippen LogP contribution in [0, 0.1) is 0 Å². The van der Waals surface area contributed by atoms with Crippen molar-refractivity contribution in [1.82, 2.24) is 4.98 Å². The number of hydrogen-bond acceptors (Lipinski definition) is 3. The normalized spacial score (nSPS) is 11.2. The third kappa shape index (κ3) is 3.40. The highest BCUT2D eigenvalue weighted by Gasteiger charge is 2.34. The fourth-order valence-electron chi connectivity index (χ4n) is 1.73. The molecule has 0 fully saturated rings. The van der Waals surface area contributed by atoms with Crippen molar-refractivity contribution in [3.8, 4) is 5.75 Å². The van der Waals surface area contributed by atoms with Crippen LogP contribution in [0.25, 0.3) is 0 Å². The van der Waals surface area contributed by atoms with Gasteiger partial charge in [0.05, 0.1) is 24.9 Å². The first-order chi connectivity index (χ1) is 9.50. The van der Waals surface area contributed by atoms with Gasteiger partial charge < -0.3 is 10.1 Å². The number of hydrogen-bond donors (Lipinski definition) is 1. The van der Waals surface area contributed by atoms with E-state index in [0.29, 0.717) is 12.2 Å². The van der Waals surface area contributed by atoms with Crippen molar-refractivity contribution in [2.75, 3.05) is 12.4 Å². The van der Waals surface area contributed by atoms with Gasteiger partial charge in [-0.25, -0.2) is 0 Å². The number of benzene rings is 1. The quantitative estimate of drug-likeness (QED) is 0.928. The molecule has 0 spiro atoms. The van der Waals surface area contributed by atoms with Crippen molar-refractivity contribution in [1.29, 1.82) is 0 Å². The van der Waals surface area contributed by atoms with Gasteiger partial charge in [-0.2, -0.15) is 13.2 Å². The number of pyridine rings is 1. The van der Waals surface area contributed by atoms with E-state index in [-0.39, 0.29) is 5.75 Å². The molecular weight excluding hydrogens is 269 g/mol. The Morgan fingerprint density at radius 3 is 2.60 bits per heavy atom. The van der Waals surface area contributed by atoms with Crippen LogP contribution in [0.4, 0.5) is 18.9 Å². The first-order valence-electron chi connectivity index (χ1n) is 5.89. The van der Waals surface area contributed by atoms with E-state index in [0.717, 1.165) is 11.8 Å². The average molecular weight is 282 g/mol. The minimum atomic E-state index is -4.45. The maximum Gasteiger partial charge on any atom is 0.420 e. The summed E-state index contributed by atoms with van der Waals surface area (Å²) in [5.74, 6) is -0.194. The molecule has 6 heteroatoms. The lowest BCUT2D eigenvalue weighted by atomic mass is 10.1. The Morgan fingerprint density at radius 2 is 2.00 bits per heavy atom. The van der Waals surface area contributed by atoms with Gasteiger partial charge in [-0.05, 0) is 30.3 Å². The molecule has 0 radical (unpaired) electrons. The SMILES string of the molecule is COc1ccc(NCc2ccccn2)cc1C(F)(F)F. The van der Waals surface area contributed by atoms with Crippen molar-refractivity contribution in [2.45, 2.75) is 12.7 Å². The summed E-state index contributed by atoms with van der Waals surface area (Å²) in [4.78, 5) is 4.09. The van der Waals surface area contributed by atoms with Gasteiger partial charge in [0.2, 0.25) is 0 Å². The molecule has 0 atom stereocenters. The molecule has 0 unspecified atom stereocenters. The van der Waals surface area contributed by atoms with Crippen LogP contribution in [0.3, 0.4) is 0 Å². The summed E-state index contributed by atoms with van der Waals surface area (Å²) in [6.07, 6.45) is -2.82. The zero-order valence-corrected chi connectivity index (χ0v) is 10.7. The number of anilines is 1. The van der Waals surface area contributed by atoms with Gasteiger partial charge in [-0.3, -0.25) is 4.98 Å². The highest BCUT2D eigenvalue weighted by molar-refractivity contribution is 5.52. The highest BCUT2D eigenvalue weighted by Crippen LogP contribution is 2.37. The molecule has 0 amide bonds. The second-order valence-corrected chi connectivity index (χ2v) is 4.09. The third-order valence-electron chi connectivity index (χ3n) is 2.70. The number of ether oxygens (including phenoxy) is 1. The Labute approximate surface area is 114 Å². The van der Waals surface area contributed by atoms with Crippen LogP contribution in [-0.4, -0.2) is 12.1 Å². The summed E-state index contributed by atoms with van der Waals surface area (Å²) in [5, 5.41) is 2.91. The van der Waals surface area contributed by atoms with Gasteiger partial charge in [-0.15, -0.1) is 0 Å². The Bertz CT molecular complexity index is 570. The minimum absolute atomic E-state index is 0.194. The number of alkyl halides is 3. The second-order valence-electron chi connectivity index (χ2n) is 4.09. The summed E-state index contributed by atoms with van der Waals surface area (Å²) in [7, 11) is 1.21. The van der Waals surface area contributed by atoms with Crippen molar-refractivity contribution in [3.63, 3.8) is 0 Å². The molecule has 20 heavy (non-hydrogen) atoms. The van der Waals surface area contributed by atoms with E-state index in [1.165, 1.54) is 19.2 Å². The third-order valence-corrected chi connectivity index (χ3v) is 2.70. The summed E-state index contributed by atoms with van der Waals surface area (Å²) in [6.45, 7) is 0.352. The van der Waals surface area contributed by atoms with Gasteiger partial charge in [0, 0.05) is 11.9 Å². The molecular formula is C14H13F3N2O. The van der Waals surface area contributed by atoms with E-state index in [2.05, 4.69) is 10.3 Å². The van der Waals surface area contributed by atoms with Gasteiger partial charge in [-0.1, -0.05) is 6.07 Å². The fourth-order valence-corrected chi connectivity index (χ4v) is 1.73. The molecule has 1 aromatic heterocycles. The summed E-state index contributed by atoms with van der Waals surface area (Å²) < 4.78 is 43.3. The lowest BCUT2D eigenvalue weighted by Gasteiger charge is -2.14. The number of aromatic nitrogens is 1. The molecule has 1 aromatic carbocycles. The molecule has 1 N–H and O–H groups in total. The predicted molar refractivity (Wildman–Crippen MR) is 69.6 cm³/mol. The Hall–Kier alpha value is -2.24. The van der Waals surface area contributed by atoms with Gasteiger partial charge in [0.15, 0.2) is 0 Å². The van der Waals surface area contributed by atoms with E-state index >= 15 is 0 Å². The van der Waals surface area contributed by atoms with Crippen LogP contribution in [-0.2, 0) is 12.7 Å². The predicted octanol–water partition coefficient (Wildman–Crippen LogP) is 3.72. The number of nitrogens with one attached hydrogen (secondary N) is 1. The largest absolute Gasteiger partial charge is 0.496 e. The van der Waals surface area contributed by atoms with Gasteiger partial charge in [0.1, 0.15) is 5.75 Å². The van der Waals surface area contributed by atoms with E-state index in [9.17, 15) is 13.2 Å². The Morgan fingerprint density at radius 1 is 1.20 bits per heavy atom. The number of methoxy groups -OCH3 is 1. The fraction of sp³-hybridized carbons (Fsp3) is 0.214. The molecule has 0 aliphatic carbocycles. The van der Waals surface area contributed by atoms with Gasteiger partial charge in [0.25, 0.3) is 0 Å². The van der Waals surface area contributed by atoms with Gasteiger partial charge >= 0.3 is 6.18 Å². The van der Waals surface area contributed by atoms with Crippen molar-refractivity contribution < 1.29 is 17.9 Å². The maximum absolute atomic E-state index is 12.9. The molecule has 106 valence electrons. The standard InChI is InChI=1S/C14H13F3N2O/c1-20-13-6-5-10(8-12(13)14(15,16)17)19-9-11-4-2-3-7-18-11/h2-8,19H,9H2,1H3. The van der Waals surface area contributed by atoms with Crippen molar-refractivity contribution in [2.24, 2.45) is 0 Å². The van der Waals surface area contributed by atoms with Crippen LogP contribution in [0.2, 0.25) is 0 Å². The van der Waals surface area contributed by atoms with Crippen LogP contribution in [0.1, 0.15) is 11.3 Å². The van der Waals surface area contributed by atoms with Crippen LogP contribution < -0.4 is 10.1 Å². The van der Waals surface area contributed by atoms with Crippen LogP contribution in [0.5, 0.6) is 5.75 Å². The highest BCUT2D eigenvalue weighted by atomic mass is 19.4. The molecule has 2 rings (SSSR count). The zero-order chi connectivity index (χ0) is 14.6. The first-order valence-corrected chi connectivity index (χ1v) is 5.89. The van der Waals surface area contributed by atoms with Crippen molar-refractivity contribution >= 4 is 5.69 Å². The molecule has 0 saturated carbocycles. The smallest absolute Gasteiger partial charge is 0.420 e. The maximum atomic E-state index is 12.9. The Kier molecular flexibility index (Phi) is 4.12. The molecule has 0 saturated heterocycles. The van der Waals surface area contributed by atoms with Crippen molar-refractivity contribution in [3.05, 3.63) is 53.9 Å². The van der Waals surface area contributed by atoms with E-state index in [1.807, 2.05) is 6.07 Å². The number of nitrogens with zero attached hydrogens (tertiary/aromatic N) is 1. The molecule has 1 heterocycles. The first kappa shape index (κ1) is 14.2. The summed E-state index contributed by atoms with van der Waals surface area (Å²) >= 11 is 0. The summed E-state index contributed by atoms with van der Waals surface area (Å²) in [5.41, 5.74) is 0.312. The summed E-state index contributed by atoms with van der Waals surface area (Å²) in [6, 6.07) is 9.25. The number of halogens is 3. The number of rotatable bonds is 4. The topological polar surface area (TPSA) is 34.1 Å². The molecule has 0 bridgehead atoms. The lowest BCUT2D eigenvalue weighted by Crippen LogP contribution is -2.09. The Balaban J connectivity index is 2.17.